The van der Waals surface area contributed by atoms with Crippen LogP contribution in [0.4, 0.5) is 0 Å². The summed E-state index contributed by atoms with van der Waals surface area (Å²) in [5, 5.41) is 12.2. The number of carboxylic acid groups (broad SMARTS) is 1. The fraction of sp³-hybridized carbons (Fsp3) is 0.167. The van der Waals surface area contributed by atoms with E-state index in [0.29, 0.717) is 12.4 Å². The third-order valence-corrected chi connectivity index (χ3v) is 2.18. The molecule has 0 saturated heterocycles. The first-order chi connectivity index (χ1) is 8.20. The Balaban J connectivity index is 2.23. The van der Waals surface area contributed by atoms with Crippen molar-refractivity contribution in [1.29, 1.82) is 0 Å². The quantitative estimate of drug-likeness (QED) is 0.877. The summed E-state index contributed by atoms with van der Waals surface area (Å²) in [6, 6.07) is 8.55. The van der Waals surface area contributed by atoms with Crippen LogP contribution in [0.2, 0.25) is 0 Å². The molecule has 0 aliphatic rings. The molecule has 1 heterocycles. The fourth-order valence-electron chi connectivity index (χ4n) is 1.39. The Hall–Kier alpha value is -2.30. The highest BCUT2D eigenvalue weighted by Gasteiger charge is 2.11. The van der Waals surface area contributed by atoms with E-state index in [9.17, 15) is 4.79 Å². The number of aromatic nitrogens is 1. The monoisotopic (exact) mass is 233 g/mol. The van der Waals surface area contributed by atoms with Crippen LogP contribution in [0.3, 0.4) is 0 Å². The van der Waals surface area contributed by atoms with Crippen molar-refractivity contribution in [2.24, 2.45) is 0 Å². The van der Waals surface area contributed by atoms with Crippen LogP contribution in [-0.2, 0) is 0 Å². The minimum absolute atomic E-state index is 0.103. The maximum absolute atomic E-state index is 10.6. The van der Waals surface area contributed by atoms with Gasteiger partial charge in [-0.1, -0.05) is 5.16 Å². The summed E-state index contributed by atoms with van der Waals surface area (Å²) in [4.78, 5) is 10.6. The zero-order valence-corrected chi connectivity index (χ0v) is 9.21. The normalized spacial score (nSPS) is 10.2. The lowest BCUT2D eigenvalue weighted by Gasteiger charge is -2.02. The number of ether oxygens (including phenoxy) is 1. The second-order valence-electron chi connectivity index (χ2n) is 3.34. The number of carboxylic acids is 1. The van der Waals surface area contributed by atoms with Crippen molar-refractivity contribution >= 4 is 5.97 Å². The van der Waals surface area contributed by atoms with Gasteiger partial charge in [0.05, 0.1) is 6.61 Å². The van der Waals surface area contributed by atoms with Gasteiger partial charge >= 0.3 is 5.97 Å². The molecule has 5 heteroatoms. The maximum atomic E-state index is 10.6. The second-order valence-corrected chi connectivity index (χ2v) is 3.34. The molecule has 1 aromatic carbocycles. The van der Waals surface area contributed by atoms with Crippen LogP contribution < -0.4 is 4.74 Å². The fourth-order valence-corrected chi connectivity index (χ4v) is 1.39. The van der Waals surface area contributed by atoms with E-state index in [1.807, 2.05) is 6.92 Å². The minimum Gasteiger partial charge on any atom is -0.494 e. The van der Waals surface area contributed by atoms with Gasteiger partial charge in [-0.25, -0.2) is 4.79 Å². The molecule has 88 valence electrons. The molecule has 0 saturated carbocycles. The van der Waals surface area contributed by atoms with Crippen LogP contribution in [-0.4, -0.2) is 22.8 Å². The number of nitrogens with zero attached hydrogens (tertiary/aromatic N) is 1. The molecule has 0 bridgehead atoms. The first-order valence-corrected chi connectivity index (χ1v) is 5.14. The lowest BCUT2D eigenvalue weighted by molar-refractivity contribution is 0.0686. The number of rotatable bonds is 4. The number of benzene rings is 1. The van der Waals surface area contributed by atoms with Crippen molar-refractivity contribution in [1.82, 2.24) is 5.16 Å². The SMILES string of the molecule is CCOc1ccc(-c2cc(C(=O)O)no2)cc1. The van der Waals surface area contributed by atoms with Crippen molar-refractivity contribution < 1.29 is 19.2 Å². The Kier molecular flexibility index (Phi) is 3.09. The minimum atomic E-state index is -1.11. The molecule has 0 atom stereocenters. The van der Waals surface area contributed by atoms with Crippen LogP contribution in [0.25, 0.3) is 11.3 Å². The van der Waals surface area contributed by atoms with Gasteiger partial charge in [0, 0.05) is 11.6 Å². The molecule has 0 aliphatic carbocycles. The average molecular weight is 233 g/mol. The molecule has 0 fully saturated rings. The van der Waals surface area contributed by atoms with E-state index in [2.05, 4.69) is 5.16 Å². The first kappa shape index (κ1) is 11.2. The molecule has 2 rings (SSSR count). The number of carbonyl (C=O) groups is 1. The summed E-state index contributed by atoms with van der Waals surface area (Å²) < 4.78 is 10.2. The summed E-state index contributed by atoms with van der Waals surface area (Å²) in [5.74, 6) is 0.0746. The zero-order chi connectivity index (χ0) is 12.3. The van der Waals surface area contributed by atoms with Crippen LogP contribution in [0.1, 0.15) is 17.4 Å². The highest BCUT2D eigenvalue weighted by atomic mass is 16.5. The Morgan fingerprint density at radius 2 is 2.12 bits per heavy atom. The average Bonchev–Trinajstić information content (AvgIpc) is 2.80. The molecule has 0 aliphatic heterocycles. The third kappa shape index (κ3) is 2.44. The summed E-state index contributed by atoms with van der Waals surface area (Å²) in [6.07, 6.45) is 0. The van der Waals surface area contributed by atoms with Gasteiger partial charge in [-0.2, -0.15) is 0 Å². The van der Waals surface area contributed by atoms with Crippen molar-refractivity contribution in [2.75, 3.05) is 6.61 Å². The molecule has 1 aromatic heterocycles. The molecule has 0 amide bonds. The Bertz CT molecular complexity index is 516. The van der Waals surface area contributed by atoms with Gasteiger partial charge in [-0.05, 0) is 31.2 Å². The van der Waals surface area contributed by atoms with Crippen LogP contribution in [0, 0.1) is 0 Å². The Morgan fingerprint density at radius 1 is 1.41 bits per heavy atom. The first-order valence-electron chi connectivity index (χ1n) is 5.14. The van der Waals surface area contributed by atoms with Gasteiger partial charge in [-0.15, -0.1) is 0 Å². The van der Waals surface area contributed by atoms with E-state index in [1.54, 1.807) is 24.3 Å². The second kappa shape index (κ2) is 4.69. The molecule has 17 heavy (non-hydrogen) atoms. The molecule has 0 spiro atoms. The number of hydrogen-bond acceptors (Lipinski definition) is 4. The standard InChI is InChI=1S/C12H11NO4/c1-2-16-9-5-3-8(4-6-9)11-7-10(12(14)15)13-17-11/h3-7H,2H2,1H3,(H,14,15). The summed E-state index contributed by atoms with van der Waals surface area (Å²) in [5.41, 5.74) is 0.655. The van der Waals surface area contributed by atoms with Crippen molar-refractivity contribution in [2.45, 2.75) is 6.92 Å². The maximum Gasteiger partial charge on any atom is 0.358 e. The van der Waals surface area contributed by atoms with Gasteiger partial charge in [0.15, 0.2) is 11.5 Å². The summed E-state index contributed by atoms with van der Waals surface area (Å²) in [6.45, 7) is 2.51. The van der Waals surface area contributed by atoms with Gasteiger partial charge in [0.1, 0.15) is 5.75 Å². The summed E-state index contributed by atoms with van der Waals surface area (Å²) in [7, 11) is 0. The summed E-state index contributed by atoms with van der Waals surface area (Å²) >= 11 is 0. The Labute approximate surface area is 97.6 Å². The predicted octanol–water partition coefficient (Wildman–Crippen LogP) is 2.44. The van der Waals surface area contributed by atoms with Crippen LogP contribution in [0.5, 0.6) is 5.75 Å². The molecule has 2 aromatic rings. The number of aromatic carboxylic acids is 1. The van der Waals surface area contributed by atoms with E-state index < -0.39 is 5.97 Å². The highest BCUT2D eigenvalue weighted by molar-refractivity contribution is 5.86. The molecule has 5 nitrogen and oxygen atoms in total. The van der Waals surface area contributed by atoms with E-state index in [1.165, 1.54) is 6.07 Å². The Morgan fingerprint density at radius 3 is 2.65 bits per heavy atom. The largest absolute Gasteiger partial charge is 0.494 e. The van der Waals surface area contributed by atoms with Crippen LogP contribution in [0.15, 0.2) is 34.9 Å². The topological polar surface area (TPSA) is 72.6 Å². The van der Waals surface area contributed by atoms with E-state index in [-0.39, 0.29) is 5.69 Å². The van der Waals surface area contributed by atoms with Crippen molar-refractivity contribution in [3.63, 3.8) is 0 Å². The molecular weight excluding hydrogens is 222 g/mol. The smallest absolute Gasteiger partial charge is 0.358 e. The van der Waals surface area contributed by atoms with Gasteiger partial charge in [-0.3, -0.25) is 0 Å². The van der Waals surface area contributed by atoms with Gasteiger partial charge < -0.3 is 14.4 Å². The van der Waals surface area contributed by atoms with Gasteiger partial charge in [0.2, 0.25) is 0 Å². The molecule has 1 N–H and O–H groups in total. The van der Waals surface area contributed by atoms with Crippen molar-refractivity contribution in [3.05, 3.63) is 36.0 Å². The highest BCUT2D eigenvalue weighted by Crippen LogP contribution is 2.23. The molecular formula is C12H11NO4. The van der Waals surface area contributed by atoms with Gasteiger partial charge in [0.25, 0.3) is 0 Å². The van der Waals surface area contributed by atoms with E-state index in [0.717, 1.165) is 11.3 Å². The molecule has 0 unspecified atom stereocenters. The zero-order valence-electron chi connectivity index (χ0n) is 9.21. The predicted molar refractivity (Wildman–Crippen MR) is 60.1 cm³/mol. The van der Waals surface area contributed by atoms with Crippen molar-refractivity contribution in [3.8, 4) is 17.1 Å². The third-order valence-electron chi connectivity index (χ3n) is 2.18. The lowest BCUT2D eigenvalue weighted by atomic mass is 10.1. The van der Waals surface area contributed by atoms with E-state index in [4.69, 9.17) is 14.4 Å². The lowest BCUT2D eigenvalue weighted by Crippen LogP contribution is -1.94. The van der Waals surface area contributed by atoms with E-state index >= 15 is 0 Å². The number of hydrogen-bond donors (Lipinski definition) is 1. The molecule has 0 radical (unpaired) electrons. The van der Waals surface area contributed by atoms with Crippen LogP contribution >= 0.6 is 0 Å².